The van der Waals surface area contributed by atoms with E-state index in [1.807, 2.05) is 42.1 Å². The van der Waals surface area contributed by atoms with Gasteiger partial charge < -0.3 is 14.6 Å². The smallest absolute Gasteiger partial charge is 0.268 e. The fraction of sp³-hybridized carbons (Fsp3) is 0.300. The molecule has 0 spiro atoms. The molecule has 0 bridgehead atoms. The summed E-state index contributed by atoms with van der Waals surface area (Å²) in [4.78, 5) is 17.1. The highest BCUT2D eigenvalue weighted by atomic mass is 16.5. The minimum atomic E-state index is -0.0850. The highest BCUT2D eigenvalue weighted by molar-refractivity contribution is 5.98. The first kappa shape index (κ1) is 15.7. The van der Waals surface area contributed by atoms with Gasteiger partial charge in [0, 0.05) is 36.9 Å². The van der Waals surface area contributed by atoms with Crippen LogP contribution >= 0.6 is 0 Å². The third kappa shape index (κ3) is 2.86. The number of nitrogens with one attached hydrogen (secondary N) is 1. The second-order valence-corrected chi connectivity index (χ2v) is 6.50. The average Bonchev–Trinajstić information content (AvgIpc) is 3.23. The van der Waals surface area contributed by atoms with Crippen molar-refractivity contribution in [1.82, 2.24) is 14.9 Å². The third-order valence-electron chi connectivity index (χ3n) is 4.91. The van der Waals surface area contributed by atoms with Crippen molar-refractivity contribution in [3.05, 3.63) is 59.0 Å². The number of fused-ring (bicyclic) bond motifs is 2. The van der Waals surface area contributed by atoms with Crippen molar-refractivity contribution >= 4 is 16.8 Å². The Morgan fingerprint density at radius 1 is 1.28 bits per heavy atom. The van der Waals surface area contributed by atoms with Crippen LogP contribution in [0.15, 0.2) is 36.5 Å². The Kier molecular flexibility index (Phi) is 3.92. The molecule has 2 aromatic heterocycles. The number of nitrogens with zero attached hydrogens (tertiary/aromatic N) is 2. The van der Waals surface area contributed by atoms with E-state index in [-0.39, 0.29) is 5.91 Å². The number of carbonyl (C=O) groups is 1. The first-order chi connectivity index (χ1) is 12.2. The molecule has 1 aliphatic carbocycles. The summed E-state index contributed by atoms with van der Waals surface area (Å²) in [5, 5.41) is 4.03. The second-order valence-electron chi connectivity index (χ2n) is 6.50. The molecule has 2 heterocycles. The SMILES string of the molecule is COc1ccc2cc(C(=O)NCc3cnc4c(c3)CCC4)n(C)c2c1. The molecule has 4 rings (SSSR count). The van der Waals surface area contributed by atoms with E-state index in [9.17, 15) is 4.79 Å². The number of carbonyl (C=O) groups excluding carboxylic acids is 1. The lowest BCUT2D eigenvalue weighted by molar-refractivity contribution is 0.0943. The van der Waals surface area contributed by atoms with Crippen LogP contribution in [0.1, 0.15) is 33.7 Å². The zero-order chi connectivity index (χ0) is 17.4. The van der Waals surface area contributed by atoms with Crippen LogP contribution in [0.2, 0.25) is 0 Å². The van der Waals surface area contributed by atoms with E-state index in [1.165, 1.54) is 17.7 Å². The first-order valence-corrected chi connectivity index (χ1v) is 8.54. The highest BCUT2D eigenvalue weighted by Gasteiger charge is 2.15. The molecule has 0 aliphatic heterocycles. The van der Waals surface area contributed by atoms with E-state index < -0.39 is 0 Å². The monoisotopic (exact) mass is 335 g/mol. The van der Waals surface area contributed by atoms with Crippen LogP contribution < -0.4 is 10.1 Å². The molecule has 128 valence electrons. The highest BCUT2D eigenvalue weighted by Crippen LogP contribution is 2.24. The van der Waals surface area contributed by atoms with Gasteiger partial charge in [-0.2, -0.15) is 0 Å². The zero-order valence-corrected chi connectivity index (χ0v) is 14.5. The van der Waals surface area contributed by atoms with Crippen LogP contribution in [-0.4, -0.2) is 22.6 Å². The molecule has 1 aromatic carbocycles. The second kappa shape index (κ2) is 6.24. The Labute approximate surface area is 146 Å². The molecule has 5 heteroatoms. The summed E-state index contributed by atoms with van der Waals surface area (Å²) >= 11 is 0. The van der Waals surface area contributed by atoms with Crippen molar-refractivity contribution in [3.63, 3.8) is 0 Å². The lowest BCUT2D eigenvalue weighted by Gasteiger charge is -2.08. The average molecular weight is 335 g/mol. The lowest BCUT2D eigenvalue weighted by Crippen LogP contribution is -2.25. The molecule has 0 fully saturated rings. The topological polar surface area (TPSA) is 56.1 Å². The van der Waals surface area contributed by atoms with Crippen LogP contribution in [-0.2, 0) is 26.4 Å². The molecular weight excluding hydrogens is 314 g/mol. The summed E-state index contributed by atoms with van der Waals surface area (Å²) in [5.74, 6) is 0.697. The summed E-state index contributed by atoms with van der Waals surface area (Å²) in [6.07, 6.45) is 5.21. The predicted molar refractivity (Wildman–Crippen MR) is 96.9 cm³/mol. The molecule has 1 amide bonds. The van der Waals surface area contributed by atoms with Crippen molar-refractivity contribution in [2.45, 2.75) is 25.8 Å². The Bertz CT molecular complexity index is 959. The van der Waals surface area contributed by atoms with Crippen molar-refractivity contribution in [2.75, 3.05) is 7.11 Å². The Hall–Kier alpha value is -2.82. The van der Waals surface area contributed by atoms with Gasteiger partial charge in [0.15, 0.2) is 0 Å². The molecule has 1 aliphatic rings. The third-order valence-corrected chi connectivity index (χ3v) is 4.91. The molecule has 25 heavy (non-hydrogen) atoms. The predicted octanol–water partition coefficient (Wildman–Crippen LogP) is 3.00. The fourth-order valence-corrected chi connectivity index (χ4v) is 3.50. The van der Waals surface area contributed by atoms with Gasteiger partial charge in [0.25, 0.3) is 5.91 Å². The van der Waals surface area contributed by atoms with Gasteiger partial charge in [0.1, 0.15) is 11.4 Å². The summed E-state index contributed by atoms with van der Waals surface area (Å²) in [6.45, 7) is 0.490. The minimum absolute atomic E-state index is 0.0850. The van der Waals surface area contributed by atoms with Gasteiger partial charge in [0.2, 0.25) is 0 Å². The maximum Gasteiger partial charge on any atom is 0.268 e. The number of methoxy groups -OCH3 is 1. The van der Waals surface area contributed by atoms with E-state index in [0.29, 0.717) is 12.2 Å². The molecular formula is C20H21N3O2. The fourth-order valence-electron chi connectivity index (χ4n) is 3.50. The summed E-state index contributed by atoms with van der Waals surface area (Å²) in [5.41, 5.74) is 5.19. The summed E-state index contributed by atoms with van der Waals surface area (Å²) < 4.78 is 7.17. The maximum absolute atomic E-state index is 12.6. The number of pyridine rings is 1. The molecule has 0 atom stereocenters. The van der Waals surface area contributed by atoms with Gasteiger partial charge in [0.05, 0.1) is 12.6 Å². The number of aryl methyl sites for hydroxylation is 3. The number of benzene rings is 1. The van der Waals surface area contributed by atoms with Gasteiger partial charge in [-0.1, -0.05) is 6.07 Å². The molecule has 0 radical (unpaired) electrons. The van der Waals surface area contributed by atoms with Gasteiger partial charge in [-0.15, -0.1) is 0 Å². The van der Waals surface area contributed by atoms with E-state index in [0.717, 1.165) is 35.1 Å². The van der Waals surface area contributed by atoms with E-state index in [2.05, 4.69) is 16.4 Å². The number of hydrogen-bond acceptors (Lipinski definition) is 3. The van der Waals surface area contributed by atoms with Crippen molar-refractivity contribution < 1.29 is 9.53 Å². The zero-order valence-electron chi connectivity index (χ0n) is 14.5. The van der Waals surface area contributed by atoms with Crippen molar-refractivity contribution in [3.8, 4) is 5.75 Å². The standard InChI is InChI=1S/C20H21N3O2/c1-23-18-10-16(25-2)7-6-15(18)9-19(23)20(24)22-12-13-8-14-4-3-5-17(14)21-11-13/h6-11H,3-5,12H2,1-2H3,(H,22,24). The number of amides is 1. The van der Waals surface area contributed by atoms with E-state index in [4.69, 9.17) is 4.74 Å². The lowest BCUT2D eigenvalue weighted by atomic mass is 10.1. The Morgan fingerprint density at radius 2 is 2.16 bits per heavy atom. The van der Waals surface area contributed by atoms with Crippen LogP contribution in [0.4, 0.5) is 0 Å². The number of rotatable bonds is 4. The Morgan fingerprint density at radius 3 is 3.00 bits per heavy atom. The quantitative estimate of drug-likeness (QED) is 0.797. The summed E-state index contributed by atoms with van der Waals surface area (Å²) in [6, 6.07) is 9.89. The normalized spacial score (nSPS) is 13.0. The van der Waals surface area contributed by atoms with Gasteiger partial charge >= 0.3 is 0 Å². The van der Waals surface area contributed by atoms with Gasteiger partial charge in [-0.25, -0.2) is 0 Å². The van der Waals surface area contributed by atoms with E-state index in [1.54, 1.807) is 7.11 Å². The molecule has 0 unspecified atom stereocenters. The van der Waals surface area contributed by atoms with Gasteiger partial charge in [-0.3, -0.25) is 9.78 Å². The number of aromatic nitrogens is 2. The maximum atomic E-state index is 12.6. The molecule has 0 saturated heterocycles. The van der Waals surface area contributed by atoms with Gasteiger partial charge in [-0.05, 0) is 48.6 Å². The largest absolute Gasteiger partial charge is 0.497 e. The van der Waals surface area contributed by atoms with Crippen molar-refractivity contribution in [1.29, 1.82) is 0 Å². The molecule has 3 aromatic rings. The molecule has 5 nitrogen and oxygen atoms in total. The van der Waals surface area contributed by atoms with Crippen molar-refractivity contribution in [2.24, 2.45) is 7.05 Å². The molecule has 1 N–H and O–H groups in total. The first-order valence-electron chi connectivity index (χ1n) is 8.54. The number of ether oxygens (including phenoxy) is 1. The van der Waals surface area contributed by atoms with Crippen LogP contribution in [0, 0.1) is 0 Å². The van der Waals surface area contributed by atoms with Crippen LogP contribution in [0.5, 0.6) is 5.75 Å². The summed E-state index contributed by atoms with van der Waals surface area (Å²) in [7, 11) is 3.54. The number of hydrogen-bond donors (Lipinski definition) is 1. The van der Waals surface area contributed by atoms with Crippen LogP contribution in [0.3, 0.4) is 0 Å². The van der Waals surface area contributed by atoms with E-state index >= 15 is 0 Å². The Balaban J connectivity index is 1.53. The minimum Gasteiger partial charge on any atom is -0.497 e. The van der Waals surface area contributed by atoms with Crippen LogP contribution in [0.25, 0.3) is 10.9 Å². The molecule has 0 saturated carbocycles.